The number of nitrogens with zero attached hydrogens (tertiary/aromatic N) is 2. The van der Waals surface area contributed by atoms with Crippen molar-refractivity contribution in [3.8, 4) is 0 Å². The molecule has 1 saturated heterocycles. The molecule has 2 aliphatic rings. The van der Waals surface area contributed by atoms with Gasteiger partial charge in [-0.15, -0.1) is 0 Å². The van der Waals surface area contributed by atoms with Gasteiger partial charge in [-0.25, -0.2) is 0 Å². The maximum Gasteiger partial charge on any atom is 0.0594 e. The van der Waals surface area contributed by atoms with E-state index in [0.717, 1.165) is 50.3 Å². The van der Waals surface area contributed by atoms with E-state index in [0.29, 0.717) is 0 Å². The number of benzene rings is 2. The summed E-state index contributed by atoms with van der Waals surface area (Å²) in [5.41, 5.74) is 5.57. The van der Waals surface area contributed by atoms with Crippen LogP contribution in [-0.2, 0) is 11.2 Å². The summed E-state index contributed by atoms with van der Waals surface area (Å²) in [7, 11) is 0. The van der Waals surface area contributed by atoms with Crippen molar-refractivity contribution in [2.75, 3.05) is 44.3 Å². The van der Waals surface area contributed by atoms with Crippen LogP contribution < -0.4 is 4.90 Å². The van der Waals surface area contributed by atoms with E-state index in [4.69, 9.17) is 4.74 Å². The number of para-hydroxylation sites is 1. The van der Waals surface area contributed by atoms with Crippen LogP contribution in [0.4, 0.5) is 11.4 Å². The molecule has 4 heteroatoms. The Morgan fingerprint density at radius 2 is 1.71 bits per heavy atom. The molecule has 0 atom stereocenters. The lowest BCUT2D eigenvalue weighted by Gasteiger charge is -2.34. The summed E-state index contributed by atoms with van der Waals surface area (Å²) >= 11 is 3.62. The monoisotopic (exact) mass is 386 g/mol. The highest BCUT2D eigenvalue weighted by molar-refractivity contribution is 9.10. The predicted molar refractivity (Wildman–Crippen MR) is 102 cm³/mol. The van der Waals surface area contributed by atoms with Crippen molar-refractivity contribution in [2.24, 2.45) is 0 Å². The molecule has 2 aliphatic heterocycles. The van der Waals surface area contributed by atoms with E-state index in [9.17, 15) is 0 Å². The molecule has 0 aromatic heterocycles. The highest BCUT2D eigenvalue weighted by Gasteiger charge is 2.22. The van der Waals surface area contributed by atoms with Gasteiger partial charge >= 0.3 is 0 Å². The molecular formula is C20H23BrN2O. The quantitative estimate of drug-likeness (QED) is 0.782. The molecule has 0 N–H and O–H groups in total. The zero-order valence-corrected chi connectivity index (χ0v) is 15.5. The van der Waals surface area contributed by atoms with Crippen LogP contribution in [0.25, 0.3) is 0 Å². The van der Waals surface area contributed by atoms with Crippen molar-refractivity contribution in [3.05, 3.63) is 58.1 Å². The Balaban J connectivity index is 1.53. The Labute approximate surface area is 152 Å². The van der Waals surface area contributed by atoms with Gasteiger partial charge in [0, 0.05) is 48.4 Å². The number of anilines is 2. The number of fused-ring (bicyclic) bond motifs is 2. The van der Waals surface area contributed by atoms with Gasteiger partial charge in [0.15, 0.2) is 0 Å². The number of ether oxygens (including phenoxy) is 1. The summed E-state index contributed by atoms with van der Waals surface area (Å²) in [6.45, 7) is 6.10. The summed E-state index contributed by atoms with van der Waals surface area (Å²) in [5, 5.41) is 0. The fraction of sp³-hybridized carbons (Fsp3) is 0.400. The van der Waals surface area contributed by atoms with Gasteiger partial charge in [0.25, 0.3) is 0 Å². The highest BCUT2D eigenvalue weighted by Crippen LogP contribution is 2.39. The van der Waals surface area contributed by atoms with Crippen molar-refractivity contribution in [1.82, 2.24) is 4.90 Å². The smallest absolute Gasteiger partial charge is 0.0594 e. The Morgan fingerprint density at radius 3 is 2.58 bits per heavy atom. The molecule has 0 spiro atoms. The van der Waals surface area contributed by atoms with Gasteiger partial charge in [0.2, 0.25) is 0 Å². The lowest BCUT2D eigenvalue weighted by Crippen LogP contribution is -2.38. The minimum Gasteiger partial charge on any atom is -0.379 e. The van der Waals surface area contributed by atoms with E-state index in [-0.39, 0.29) is 0 Å². The molecule has 0 amide bonds. The van der Waals surface area contributed by atoms with E-state index in [2.05, 4.69) is 68.2 Å². The molecular weight excluding hydrogens is 364 g/mol. The van der Waals surface area contributed by atoms with Crippen LogP contribution in [0, 0.1) is 0 Å². The van der Waals surface area contributed by atoms with Gasteiger partial charge in [-0.2, -0.15) is 0 Å². The molecule has 3 nitrogen and oxygen atoms in total. The van der Waals surface area contributed by atoms with Gasteiger partial charge in [-0.1, -0.05) is 34.1 Å². The lowest BCUT2D eigenvalue weighted by atomic mass is 9.95. The van der Waals surface area contributed by atoms with Crippen molar-refractivity contribution in [2.45, 2.75) is 12.8 Å². The van der Waals surface area contributed by atoms with Gasteiger partial charge in [0.1, 0.15) is 0 Å². The Hall–Kier alpha value is -1.36. The number of hydrogen-bond acceptors (Lipinski definition) is 3. The van der Waals surface area contributed by atoms with E-state index in [1.54, 1.807) is 0 Å². The molecule has 126 valence electrons. The van der Waals surface area contributed by atoms with Crippen LogP contribution in [0.3, 0.4) is 0 Å². The molecule has 2 aromatic carbocycles. The lowest BCUT2D eigenvalue weighted by molar-refractivity contribution is 0.0377. The van der Waals surface area contributed by atoms with Crippen LogP contribution >= 0.6 is 15.9 Å². The molecule has 0 aliphatic carbocycles. The third-order valence-electron chi connectivity index (χ3n) is 4.96. The largest absolute Gasteiger partial charge is 0.379 e. The first-order valence-electron chi connectivity index (χ1n) is 8.75. The number of rotatable bonds is 4. The van der Waals surface area contributed by atoms with Crippen molar-refractivity contribution < 1.29 is 4.74 Å². The second-order valence-electron chi connectivity index (χ2n) is 6.54. The van der Waals surface area contributed by atoms with Crippen LogP contribution in [0.2, 0.25) is 0 Å². The maximum absolute atomic E-state index is 5.44. The predicted octanol–water partition coefficient (Wildman–Crippen LogP) is 4.21. The standard InChI is InChI=1S/C20H23BrN2O/c21-18-6-7-20-17(15-18)14-16-4-1-2-5-19(16)23(20)9-3-8-22-10-12-24-13-11-22/h1-2,4-7,15H,3,8-14H2. The summed E-state index contributed by atoms with van der Waals surface area (Å²) in [6.07, 6.45) is 2.19. The molecule has 0 radical (unpaired) electrons. The molecule has 0 saturated carbocycles. The maximum atomic E-state index is 5.44. The first-order valence-corrected chi connectivity index (χ1v) is 9.54. The van der Waals surface area contributed by atoms with Gasteiger partial charge < -0.3 is 9.64 Å². The van der Waals surface area contributed by atoms with E-state index in [1.807, 2.05) is 0 Å². The van der Waals surface area contributed by atoms with Crippen LogP contribution in [0.5, 0.6) is 0 Å². The molecule has 4 rings (SSSR count). The number of hydrogen-bond donors (Lipinski definition) is 0. The third-order valence-corrected chi connectivity index (χ3v) is 5.45. The Morgan fingerprint density at radius 1 is 0.917 bits per heavy atom. The highest BCUT2D eigenvalue weighted by atomic mass is 79.9. The molecule has 0 bridgehead atoms. The first-order chi connectivity index (χ1) is 11.8. The summed E-state index contributed by atoms with van der Waals surface area (Å²) in [5.74, 6) is 0. The van der Waals surface area contributed by atoms with E-state index < -0.39 is 0 Å². The minimum atomic E-state index is 0.878. The topological polar surface area (TPSA) is 15.7 Å². The fourth-order valence-electron chi connectivity index (χ4n) is 3.74. The molecule has 0 unspecified atom stereocenters. The zero-order valence-electron chi connectivity index (χ0n) is 13.9. The van der Waals surface area contributed by atoms with Crippen molar-refractivity contribution >= 4 is 27.3 Å². The molecule has 2 heterocycles. The molecule has 1 fully saturated rings. The summed E-state index contributed by atoms with van der Waals surface area (Å²) in [4.78, 5) is 5.02. The number of halogens is 1. The molecule has 24 heavy (non-hydrogen) atoms. The normalized spacial score (nSPS) is 17.5. The SMILES string of the molecule is Brc1ccc2c(c1)Cc1ccccc1N2CCCN1CCOCC1. The van der Waals surface area contributed by atoms with Crippen LogP contribution in [-0.4, -0.2) is 44.3 Å². The zero-order chi connectivity index (χ0) is 16.4. The third kappa shape index (κ3) is 3.37. The first kappa shape index (κ1) is 16.1. The van der Waals surface area contributed by atoms with E-state index in [1.165, 1.54) is 28.9 Å². The van der Waals surface area contributed by atoms with Crippen LogP contribution in [0.1, 0.15) is 17.5 Å². The minimum absolute atomic E-state index is 0.878. The average molecular weight is 387 g/mol. The summed E-state index contributed by atoms with van der Waals surface area (Å²) < 4.78 is 6.60. The second kappa shape index (κ2) is 7.26. The fourth-order valence-corrected chi connectivity index (χ4v) is 4.14. The molecule has 2 aromatic rings. The average Bonchev–Trinajstić information content (AvgIpc) is 2.62. The summed E-state index contributed by atoms with van der Waals surface area (Å²) in [6, 6.07) is 15.5. The van der Waals surface area contributed by atoms with Crippen LogP contribution in [0.15, 0.2) is 46.9 Å². The number of morpholine rings is 1. The van der Waals surface area contributed by atoms with Gasteiger partial charge in [0.05, 0.1) is 13.2 Å². The van der Waals surface area contributed by atoms with Gasteiger partial charge in [-0.05, 0) is 41.8 Å². The Bertz CT molecular complexity index is 713. The van der Waals surface area contributed by atoms with Gasteiger partial charge in [-0.3, -0.25) is 4.90 Å². The Kier molecular flexibility index (Phi) is 4.88. The van der Waals surface area contributed by atoms with Crippen molar-refractivity contribution in [3.63, 3.8) is 0 Å². The second-order valence-corrected chi connectivity index (χ2v) is 7.45. The van der Waals surface area contributed by atoms with Crippen molar-refractivity contribution in [1.29, 1.82) is 0 Å². The van der Waals surface area contributed by atoms with E-state index >= 15 is 0 Å².